The fourth-order valence-corrected chi connectivity index (χ4v) is 4.76. The predicted molar refractivity (Wildman–Crippen MR) is 94.1 cm³/mol. The maximum Gasteiger partial charge on any atom is 0.313 e. The number of nitrogens with zero attached hydrogens (tertiary/aromatic N) is 1. The molecule has 1 atom stereocenters. The fraction of sp³-hybridized carbons (Fsp3) is 0.294. The zero-order chi connectivity index (χ0) is 18.2. The smallest absolute Gasteiger partial charge is 0.313 e. The molecule has 0 spiro atoms. The van der Waals surface area contributed by atoms with Gasteiger partial charge >= 0.3 is 11.8 Å². The number of likely N-dealkylation sites (N-methyl/N-ethyl adjacent to an activating group) is 1. The first-order valence-electron chi connectivity index (χ1n) is 7.78. The lowest BCUT2D eigenvalue weighted by molar-refractivity contribution is -0.143. The van der Waals surface area contributed by atoms with Gasteiger partial charge in [-0.15, -0.1) is 0 Å². The third-order valence-corrected chi connectivity index (χ3v) is 6.17. The molecule has 2 aromatic rings. The molecule has 0 saturated carbocycles. The fourth-order valence-electron chi connectivity index (χ4n) is 2.98. The summed E-state index contributed by atoms with van der Waals surface area (Å²) in [7, 11) is -1.71. The molecule has 1 aliphatic rings. The highest BCUT2D eigenvalue weighted by Crippen LogP contribution is 2.29. The summed E-state index contributed by atoms with van der Waals surface area (Å²) in [5, 5.41) is 13.6. The van der Waals surface area contributed by atoms with E-state index in [0.29, 0.717) is 22.9 Å². The first kappa shape index (κ1) is 17.2. The van der Waals surface area contributed by atoms with E-state index in [0.717, 1.165) is 0 Å². The van der Waals surface area contributed by atoms with Crippen molar-refractivity contribution >= 4 is 38.1 Å². The van der Waals surface area contributed by atoms with Crippen molar-refractivity contribution in [3.05, 3.63) is 36.4 Å². The van der Waals surface area contributed by atoms with Gasteiger partial charge in [0.1, 0.15) is 5.75 Å². The van der Waals surface area contributed by atoms with Gasteiger partial charge in [-0.25, -0.2) is 8.42 Å². The molecule has 0 aromatic heterocycles. The number of carbonyl (C=O) groups excluding carboxylic acids is 2. The second-order valence-electron chi connectivity index (χ2n) is 6.10. The Morgan fingerprint density at radius 2 is 1.84 bits per heavy atom. The van der Waals surface area contributed by atoms with Crippen LogP contribution in [0.25, 0.3) is 10.8 Å². The van der Waals surface area contributed by atoms with Crippen LogP contribution in [-0.4, -0.2) is 54.8 Å². The van der Waals surface area contributed by atoms with Crippen LogP contribution in [-0.2, 0) is 19.4 Å². The number of sulfone groups is 1. The average Bonchev–Trinajstić information content (AvgIpc) is 2.94. The van der Waals surface area contributed by atoms with Crippen LogP contribution < -0.4 is 5.32 Å². The summed E-state index contributed by atoms with van der Waals surface area (Å²) in [5.41, 5.74) is 0.402. The van der Waals surface area contributed by atoms with Crippen molar-refractivity contribution < 1.29 is 23.1 Å². The molecule has 1 heterocycles. The van der Waals surface area contributed by atoms with Crippen molar-refractivity contribution in [2.24, 2.45) is 0 Å². The highest BCUT2D eigenvalue weighted by molar-refractivity contribution is 7.91. The Morgan fingerprint density at radius 3 is 2.52 bits per heavy atom. The van der Waals surface area contributed by atoms with Crippen LogP contribution in [0, 0.1) is 0 Å². The third-order valence-electron chi connectivity index (χ3n) is 4.42. The van der Waals surface area contributed by atoms with Crippen molar-refractivity contribution in [2.45, 2.75) is 12.5 Å². The number of anilines is 1. The molecule has 0 bridgehead atoms. The van der Waals surface area contributed by atoms with E-state index in [1.54, 1.807) is 30.3 Å². The number of benzene rings is 2. The molecule has 1 fully saturated rings. The molecule has 0 radical (unpaired) electrons. The quantitative estimate of drug-likeness (QED) is 0.780. The number of carbonyl (C=O) groups is 2. The minimum absolute atomic E-state index is 0.0273. The predicted octanol–water partition coefficient (Wildman–Crippen LogP) is 1.13. The maximum atomic E-state index is 12.3. The molecular weight excluding hydrogens is 344 g/mol. The van der Waals surface area contributed by atoms with Crippen LogP contribution in [0.15, 0.2) is 36.4 Å². The third kappa shape index (κ3) is 3.43. The maximum absolute atomic E-state index is 12.3. The summed E-state index contributed by atoms with van der Waals surface area (Å²) >= 11 is 0. The SMILES string of the molecule is CN(C(=O)C(=O)Nc1cccc2c(O)cccc12)C1CCS(=O)(=O)C1. The number of rotatable bonds is 2. The van der Waals surface area contributed by atoms with Gasteiger partial charge in [0.2, 0.25) is 0 Å². The number of fused-ring (bicyclic) bond motifs is 1. The van der Waals surface area contributed by atoms with Gasteiger partial charge in [0.05, 0.1) is 11.5 Å². The van der Waals surface area contributed by atoms with Crippen LogP contribution in [0.3, 0.4) is 0 Å². The summed E-state index contributed by atoms with van der Waals surface area (Å²) in [6.07, 6.45) is 0.333. The Hall–Kier alpha value is -2.61. The number of hydrogen-bond acceptors (Lipinski definition) is 5. The molecule has 1 saturated heterocycles. The first-order chi connectivity index (χ1) is 11.8. The average molecular weight is 362 g/mol. The van der Waals surface area contributed by atoms with Gasteiger partial charge in [-0.3, -0.25) is 9.59 Å². The van der Waals surface area contributed by atoms with Gasteiger partial charge in [0.25, 0.3) is 0 Å². The molecule has 8 heteroatoms. The lowest BCUT2D eigenvalue weighted by Crippen LogP contribution is -2.43. The Morgan fingerprint density at radius 1 is 1.16 bits per heavy atom. The van der Waals surface area contributed by atoms with Gasteiger partial charge in [-0.1, -0.05) is 24.3 Å². The standard InChI is InChI=1S/C17H18N2O5S/c1-19(11-8-9-25(23,24)10-11)17(22)16(21)18-14-6-2-5-13-12(14)4-3-7-15(13)20/h2-7,11,20H,8-10H2,1H3,(H,18,21). The van der Waals surface area contributed by atoms with Crippen LogP contribution in [0.5, 0.6) is 5.75 Å². The second-order valence-corrected chi connectivity index (χ2v) is 8.33. The molecule has 2 amide bonds. The Labute approximate surface area is 145 Å². The van der Waals surface area contributed by atoms with E-state index in [4.69, 9.17) is 0 Å². The zero-order valence-electron chi connectivity index (χ0n) is 13.6. The molecule has 25 heavy (non-hydrogen) atoms. The number of aromatic hydroxyl groups is 1. The zero-order valence-corrected chi connectivity index (χ0v) is 14.4. The van der Waals surface area contributed by atoms with Gasteiger partial charge in [0, 0.05) is 29.5 Å². The van der Waals surface area contributed by atoms with Gasteiger partial charge in [-0.05, 0) is 18.6 Å². The molecular formula is C17H18N2O5S. The molecule has 1 aliphatic heterocycles. The number of phenolic OH excluding ortho intramolecular Hbond substituents is 1. The lowest BCUT2D eigenvalue weighted by atomic mass is 10.1. The Balaban J connectivity index is 1.78. The van der Waals surface area contributed by atoms with Crippen LogP contribution in [0.2, 0.25) is 0 Å². The van der Waals surface area contributed by atoms with E-state index in [2.05, 4.69) is 5.32 Å². The molecule has 2 aromatic carbocycles. The number of phenols is 1. The highest BCUT2D eigenvalue weighted by atomic mass is 32.2. The van der Waals surface area contributed by atoms with E-state index < -0.39 is 27.7 Å². The van der Waals surface area contributed by atoms with Crippen LogP contribution in [0.1, 0.15) is 6.42 Å². The molecule has 132 valence electrons. The van der Waals surface area contributed by atoms with Crippen LogP contribution in [0.4, 0.5) is 5.69 Å². The summed E-state index contributed by atoms with van der Waals surface area (Å²) in [6, 6.07) is 9.42. The van der Waals surface area contributed by atoms with E-state index in [1.165, 1.54) is 18.0 Å². The molecule has 3 rings (SSSR count). The van der Waals surface area contributed by atoms with Gasteiger partial charge in [0.15, 0.2) is 9.84 Å². The highest BCUT2D eigenvalue weighted by Gasteiger charge is 2.34. The Bertz CT molecular complexity index is 955. The topological polar surface area (TPSA) is 104 Å². The first-order valence-corrected chi connectivity index (χ1v) is 9.60. The molecule has 0 aliphatic carbocycles. The molecule has 2 N–H and O–H groups in total. The number of amides is 2. The normalized spacial score (nSPS) is 18.8. The summed E-state index contributed by atoms with van der Waals surface area (Å²) in [5.74, 6) is -1.65. The number of nitrogens with one attached hydrogen (secondary N) is 1. The van der Waals surface area contributed by atoms with E-state index in [9.17, 15) is 23.1 Å². The van der Waals surface area contributed by atoms with Crippen molar-refractivity contribution in [2.75, 3.05) is 23.9 Å². The summed E-state index contributed by atoms with van der Waals surface area (Å²) in [6.45, 7) is 0. The largest absolute Gasteiger partial charge is 0.507 e. The Kier molecular flexibility index (Phi) is 4.38. The van der Waals surface area contributed by atoms with E-state index >= 15 is 0 Å². The van der Waals surface area contributed by atoms with Crippen molar-refractivity contribution in [1.82, 2.24) is 4.90 Å². The van der Waals surface area contributed by atoms with Crippen molar-refractivity contribution in [1.29, 1.82) is 0 Å². The van der Waals surface area contributed by atoms with Gasteiger partial charge in [-0.2, -0.15) is 0 Å². The summed E-state index contributed by atoms with van der Waals surface area (Å²) in [4.78, 5) is 25.8. The molecule has 1 unspecified atom stereocenters. The van der Waals surface area contributed by atoms with Crippen molar-refractivity contribution in [3.63, 3.8) is 0 Å². The van der Waals surface area contributed by atoms with E-state index in [-0.39, 0.29) is 17.3 Å². The second kappa shape index (κ2) is 6.36. The lowest BCUT2D eigenvalue weighted by Gasteiger charge is -2.22. The molecule has 7 nitrogen and oxygen atoms in total. The van der Waals surface area contributed by atoms with Crippen molar-refractivity contribution in [3.8, 4) is 5.75 Å². The number of hydrogen-bond donors (Lipinski definition) is 2. The minimum atomic E-state index is -3.15. The summed E-state index contributed by atoms with van der Waals surface area (Å²) < 4.78 is 23.1. The minimum Gasteiger partial charge on any atom is -0.507 e. The monoisotopic (exact) mass is 362 g/mol. The van der Waals surface area contributed by atoms with E-state index in [1.807, 2.05) is 0 Å². The van der Waals surface area contributed by atoms with Gasteiger partial charge < -0.3 is 15.3 Å². The van der Waals surface area contributed by atoms with Crippen LogP contribution >= 0.6 is 0 Å².